The first-order valence-electron chi connectivity index (χ1n) is 8.40. The van der Waals surface area contributed by atoms with Gasteiger partial charge in [-0.1, -0.05) is 12.1 Å². The summed E-state index contributed by atoms with van der Waals surface area (Å²) in [5.74, 6) is 0.116. The monoisotopic (exact) mass is 382 g/mol. The largest absolute Gasteiger partial charge is 0.454 e. The van der Waals surface area contributed by atoms with E-state index in [0.717, 1.165) is 4.73 Å². The van der Waals surface area contributed by atoms with Crippen LogP contribution in [-0.4, -0.2) is 17.4 Å². The number of hydrogen-bond donors (Lipinski definition) is 1. The van der Waals surface area contributed by atoms with Crippen LogP contribution in [0.3, 0.4) is 0 Å². The zero-order valence-electron chi connectivity index (χ0n) is 14.6. The Morgan fingerprint density at radius 2 is 1.96 bits per heavy atom. The summed E-state index contributed by atoms with van der Waals surface area (Å²) in [7, 11) is 0. The van der Waals surface area contributed by atoms with Crippen LogP contribution in [0, 0.1) is 5.82 Å². The lowest BCUT2D eigenvalue weighted by Gasteiger charge is -2.10. The Morgan fingerprint density at radius 3 is 2.82 bits per heavy atom. The number of fused-ring (bicyclic) bond motifs is 1. The summed E-state index contributed by atoms with van der Waals surface area (Å²) >= 11 is 0. The lowest BCUT2D eigenvalue weighted by Crippen LogP contribution is -2.32. The highest BCUT2D eigenvalue weighted by atomic mass is 19.1. The average molecular weight is 382 g/mol. The van der Waals surface area contributed by atoms with Crippen LogP contribution in [0.4, 0.5) is 10.1 Å². The number of anilines is 1. The van der Waals surface area contributed by atoms with Crippen LogP contribution in [0.5, 0.6) is 11.5 Å². The molecule has 0 aliphatic carbocycles. The van der Waals surface area contributed by atoms with Gasteiger partial charge in [0.2, 0.25) is 6.79 Å². The molecule has 1 N–H and O–H groups in total. The SMILES string of the molecule is O=C(Nc1ccc2c(c1)OCO2)c1cccn(OCc2cccc(F)c2)c1=O. The number of amides is 1. The predicted octanol–water partition coefficient (Wildman–Crippen LogP) is 2.60. The number of rotatable bonds is 5. The number of pyridine rings is 1. The van der Waals surface area contributed by atoms with Crippen molar-refractivity contribution in [2.24, 2.45) is 0 Å². The molecular weight excluding hydrogens is 367 g/mol. The second-order valence-corrected chi connectivity index (χ2v) is 5.98. The number of aromatic nitrogens is 1. The van der Waals surface area contributed by atoms with Crippen LogP contribution in [0.15, 0.2) is 65.6 Å². The molecule has 0 saturated heterocycles. The third kappa shape index (κ3) is 3.66. The van der Waals surface area contributed by atoms with E-state index in [1.54, 1.807) is 30.3 Å². The van der Waals surface area contributed by atoms with Crippen molar-refractivity contribution in [3.05, 3.63) is 88.1 Å². The molecule has 2 aromatic carbocycles. The van der Waals surface area contributed by atoms with Crippen LogP contribution < -0.4 is 25.2 Å². The third-order valence-electron chi connectivity index (χ3n) is 4.05. The summed E-state index contributed by atoms with van der Waals surface area (Å²) in [6.07, 6.45) is 1.39. The second-order valence-electron chi connectivity index (χ2n) is 5.98. The number of carbonyl (C=O) groups excluding carboxylic acids is 1. The summed E-state index contributed by atoms with van der Waals surface area (Å²) in [5, 5.41) is 2.64. The highest BCUT2D eigenvalue weighted by Crippen LogP contribution is 2.34. The van der Waals surface area contributed by atoms with E-state index < -0.39 is 17.3 Å². The Labute approximate surface area is 158 Å². The van der Waals surface area contributed by atoms with Gasteiger partial charge in [0, 0.05) is 18.0 Å². The van der Waals surface area contributed by atoms with Gasteiger partial charge in [0.25, 0.3) is 11.5 Å². The molecule has 1 aliphatic rings. The number of ether oxygens (including phenoxy) is 2. The Kier molecular flexibility index (Phi) is 4.67. The van der Waals surface area contributed by atoms with E-state index in [-0.39, 0.29) is 19.0 Å². The smallest absolute Gasteiger partial charge is 0.295 e. The van der Waals surface area contributed by atoms with Crippen molar-refractivity contribution in [3.8, 4) is 11.5 Å². The fraction of sp³-hybridized carbons (Fsp3) is 0.100. The van der Waals surface area contributed by atoms with Gasteiger partial charge in [0.05, 0.1) is 0 Å². The highest BCUT2D eigenvalue weighted by Gasteiger charge is 2.17. The van der Waals surface area contributed by atoms with Crippen molar-refractivity contribution in [1.82, 2.24) is 4.73 Å². The van der Waals surface area contributed by atoms with E-state index in [4.69, 9.17) is 14.3 Å². The molecule has 3 aromatic rings. The van der Waals surface area contributed by atoms with Crippen LogP contribution in [0.2, 0.25) is 0 Å². The summed E-state index contributed by atoms with van der Waals surface area (Å²) < 4.78 is 24.7. The average Bonchev–Trinajstić information content (AvgIpc) is 3.15. The molecule has 142 valence electrons. The minimum absolute atomic E-state index is 0.0229. The lowest BCUT2D eigenvalue weighted by molar-refractivity contribution is 0.0862. The van der Waals surface area contributed by atoms with Crippen LogP contribution in [0.1, 0.15) is 15.9 Å². The molecule has 1 amide bonds. The van der Waals surface area contributed by atoms with Gasteiger partial charge in [0.1, 0.15) is 18.0 Å². The van der Waals surface area contributed by atoms with E-state index in [1.165, 1.54) is 30.5 Å². The Bertz CT molecular complexity index is 1100. The minimum atomic E-state index is -0.628. The quantitative estimate of drug-likeness (QED) is 0.734. The van der Waals surface area contributed by atoms with Gasteiger partial charge in [-0.05, 0) is 42.0 Å². The molecule has 0 fully saturated rings. The zero-order valence-corrected chi connectivity index (χ0v) is 14.6. The lowest BCUT2D eigenvalue weighted by atomic mass is 10.2. The van der Waals surface area contributed by atoms with Crippen molar-refractivity contribution in [3.63, 3.8) is 0 Å². The van der Waals surface area contributed by atoms with Crippen LogP contribution in [0.25, 0.3) is 0 Å². The number of hydrogen-bond acceptors (Lipinski definition) is 5. The first-order valence-corrected chi connectivity index (χ1v) is 8.40. The first kappa shape index (κ1) is 17.6. The summed E-state index contributed by atoms with van der Waals surface area (Å²) in [4.78, 5) is 30.4. The van der Waals surface area contributed by atoms with Gasteiger partial charge < -0.3 is 19.6 Å². The van der Waals surface area contributed by atoms with Crippen molar-refractivity contribution >= 4 is 11.6 Å². The second kappa shape index (κ2) is 7.43. The normalized spacial score (nSPS) is 11.9. The van der Waals surface area contributed by atoms with Crippen LogP contribution >= 0.6 is 0 Å². The van der Waals surface area contributed by atoms with E-state index >= 15 is 0 Å². The van der Waals surface area contributed by atoms with Gasteiger partial charge in [-0.15, -0.1) is 0 Å². The molecule has 0 atom stereocenters. The standard InChI is InChI=1S/C20H15FN2O5/c21-14-4-1-3-13(9-14)11-28-23-8-2-5-16(20(23)25)19(24)22-15-6-7-17-18(10-15)27-12-26-17/h1-10H,11-12H2,(H,22,24). The molecule has 0 saturated carbocycles. The Morgan fingerprint density at radius 1 is 1.11 bits per heavy atom. The topological polar surface area (TPSA) is 78.8 Å². The summed E-state index contributed by atoms with van der Waals surface area (Å²) in [6, 6.07) is 13.7. The Balaban J connectivity index is 1.49. The maximum atomic E-state index is 13.2. The van der Waals surface area contributed by atoms with Crippen molar-refractivity contribution in [1.29, 1.82) is 0 Å². The zero-order chi connectivity index (χ0) is 19.5. The fourth-order valence-corrected chi connectivity index (χ4v) is 2.69. The molecule has 4 rings (SSSR count). The molecule has 1 aliphatic heterocycles. The van der Waals surface area contributed by atoms with Gasteiger partial charge in [-0.3, -0.25) is 9.59 Å². The van der Waals surface area contributed by atoms with E-state index in [9.17, 15) is 14.0 Å². The summed E-state index contributed by atoms with van der Waals surface area (Å²) in [6.45, 7) is 0.101. The molecule has 0 radical (unpaired) electrons. The maximum absolute atomic E-state index is 13.2. The van der Waals surface area contributed by atoms with E-state index in [1.807, 2.05) is 0 Å². The maximum Gasteiger partial charge on any atom is 0.295 e. The highest BCUT2D eigenvalue weighted by molar-refractivity contribution is 6.04. The fourth-order valence-electron chi connectivity index (χ4n) is 2.69. The number of nitrogens with zero attached hydrogens (tertiary/aromatic N) is 1. The summed E-state index contributed by atoms with van der Waals surface area (Å²) in [5.41, 5.74) is 0.295. The van der Waals surface area contributed by atoms with Gasteiger partial charge in [0.15, 0.2) is 11.5 Å². The number of carbonyl (C=O) groups is 1. The molecule has 28 heavy (non-hydrogen) atoms. The Hall–Kier alpha value is -3.81. The molecule has 0 unspecified atom stereocenters. The van der Waals surface area contributed by atoms with E-state index in [2.05, 4.69) is 5.32 Å². The molecular formula is C20H15FN2O5. The molecule has 8 heteroatoms. The van der Waals surface area contributed by atoms with Gasteiger partial charge in [-0.25, -0.2) is 4.39 Å². The third-order valence-corrected chi connectivity index (χ3v) is 4.05. The number of halogens is 1. The van der Waals surface area contributed by atoms with Crippen molar-refractivity contribution in [2.45, 2.75) is 6.61 Å². The molecule has 0 spiro atoms. The van der Waals surface area contributed by atoms with Gasteiger partial charge in [-0.2, -0.15) is 4.73 Å². The van der Waals surface area contributed by atoms with Crippen LogP contribution in [-0.2, 0) is 6.61 Å². The number of benzene rings is 2. The van der Waals surface area contributed by atoms with E-state index in [0.29, 0.717) is 22.7 Å². The molecule has 0 bridgehead atoms. The molecule has 7 nitrogen and oxygen atoms in total. The minimum Gasteiger partial charge on any atom is -0.454 e. The van der Waals surface area contributed by atoms with Gasteiger partial charge >= 0.3 is 0 Å². The predicted molar refractivity (Wildman–Crippen MR) is 97.9 cm³/mol. The number of nitrogens with one attached hydrogen (secondary N) is 1. The van der Waals surface area contributed by atoms with Crippen molar-refractivity contribution in [2.75, 3.05) is 12.1 Å². The molecule has 2 heterocycles. The first-order chi connectivity index (χ1) is 13.6. The molecule has 1 aromatic heterocycles. The van der Waals surface area contributed by atoms with Crippen molar-refractivity contribution < 1.29 is 23.5 Å².